The van der Waals surface area contributed by atoms with Crippen LogP contribution >= 0.6 is 0 Å². The Kier molecular flexibility index (Phi) is 3.56. The minimum atomic E-state index is -2.76. The van der Waals surface area contributed by atoms with Gasteiger partial charge in [-0.15, -0.1) is 0 Å². The first-order valence-electron chi connectivity index (χ1n) is 3.59. The van der Waals surface area contributed by atoms with Crippen molar-refractivity contribution in [1.82, 2.24) is 5.32 Å². The fourth-order valence-electron chi connectivity index (χ4n) is 1.01. The van der Waals surface area contributed by atoms with E-state index in [1.54, 1.807) is 12.1 Å². The summed E-state index contributed by atoms with van der Waals surface area (Å²) < 4.78 is 20.4. The zero-order valence-electron chi connectivity index (χ0n) is 6.78. The van der Waals surface area contributed by atoms with Gasteiger partial charge in [-0.2, -0.15) is 0 Å². The van der Waals surface area contributed by atoms with Crippen molar-refractivity contribution >= 4 is 18.6 Å². The molecule has 0 aliphatic carbocycles. The predicted molar refractivity (Wildman–Crippen MR) is 47.5 cm³/mol. The van der Waals surface area contributed by atoms with Crippen molar-refractivity contribution in [3.05, 3.63) is 29.8 Å². The van der Waals surface area contributed by atoms with E-state index < -0.39 is 14.2 Å². The number of rotatable bonds is 3. The third-order valence-corrected chi connectivity index (χ3v) is 3.15. The molecule has 1 atom stereocenters. The Labute approximate surface area is 75.8 Å². The van der Waals surface area contributed by atoms with E-state index in [9.17, 15) is 3.83 Å². The van der Waals surface area contributed by atoms with Crippen LogP contribution in [0.5, 0.6) is 0 Å². The SMILES string of the molecule is CNCc1ccccc1[Se](=O)O. The van der Waals surface area contributed by atoms with E-state index in [2.05, 4.69) is 5.32 Å². The molecule has 0 fully saturated rings. The zero-order chi connectivity index (χ0) is 8.97. The van der Waals surface area contributed by atoms with Crippen molar-refractivity contribution in [3.63, 3.8) is 0 Å². The van der Waals surface area contributed by atoms with E-state index in [0.717, 1.165) is 5.56 Å². The van der Waals surface area contributed by atoms with Gasteiger partial charge in [0.05, 0.1) is 0 Å². The van der Waals surface area contributed by atoms with E-state index in [1.165, 1.54) is 0 Å². The van der Waals surface area contributed by atoms with Crippen molar-refractivity contribution in [2.45, 2.75) is 6.54 Å². The fourth-order valence-corrected chi connectivity index (χ4v) is 2.18. The summed E-state index contributed by atoms with van der Waals surface area (Å²) in [7, 11) is 1.81. The number of benzene rings is 1. The molecule has 1 aromatic rings. The standard InChI is InChI=1S/C8H11NO2Se/c1-9-6-7-4-2-3-5-8(7)12(10)11/h2-5,9H,6H2,1H3,(H,10,11). The molecule has 1 unspecified atom stereocenters. The van der Waals surface area contributed by atoms with Gasteiger partial charge < -0.3 is 0 Å². The molecule has 12 heavy (non-hydrogen) atoms. The van der Waals surface area contributed by atoms with Crippen LogP contribution in [0.25, 0.3) is 0 Å². The van der Waals surface area contributed by atoms with Crippen molar-refractivity contribution < 1.29 is 8.02 Å². The Balaban J connectivity index is 3.00. The van der Waals surface area contributed by atoms with Gasteiger partial charge in [0.15, 0.2) is 0 Å². The van der Waals surface area contributed by atoms with Crippen molar-refractivity contribution in [1.29, 1.82) is 0 Å². The molecule has 0 aliphatic heterocycles. The Hall–Kier alpha value is -0.541. The van der Waals surface area contributed by atoms with Crippen LogP contribution in [-0.2, 0) is 10.4 Å². The van der Waals surface area contributed by atoms with E-state index in [4.69, 9.17) is 4.19 Å². The molecule has 0 saturated heterocycles. The topological polar surface area (TPSA) is 49.3 Å². The molecule has 66 valence electrons. The summed E-state index contributed by atoms with van der Waals surface area (Å²) in [6, 6.07) is 7.20. The van der Waals surface area contributed by atoms with Crippen LogP contribution in [0, 0.1) is 0 Å². The maximum atomic E-state index is 10.9. The van der Waals surface area contributed by atoms with Crippen LogP contribution < -0.4 is 9.78 Å². The van der Waals surface area contributed by atoms with Gasteiger partial charge in [-0.25, -0.2) is 0 Å². The second-order valence-corrected chi connectivity index (χ2v) is 4.36. The van der Waals surface area contributed by atoms with Crippen molar-refractivity contribution in [3.8, 4) is 0 Å². The molecular weight excluding hydrogens is 221 g/mol. The molecule has 0 heterocycles. The number of hydrogen-bond acceptors (Lipinski definition) is 2. The van der Waals surface area contributed by atoms with Crippen LogP contribution in [0.2, 0.25) is 0 Å². The molecule has 0 saturated carbocycles. The van der Waals surface area contributed by atoms with Gasteiger partial charge >= 0.3 is 75.4 Å². The summed E-state index contributed by atoms with van der Waals surface area (Å²) >= 11 is -2.76. The predicted octanol–water partition coefficient (Wildman–Crippen LogP) is -0.476. The van der Waals surface area contributed by atoms with Crippen molar-refractivity contribution in [2.24, 2.45) is 0 Å². The van der Waals surface area contributed by atoms with Gasteiger partial charge in [-0.05, 0) is 0 Å². The van der Waals surface area contributed by atoms with Crippen LogP contribution in [0.15, 0.2) is 24.3 Å². The minimum absolute atomic E-state index is 0.576. The summed E-state index contributed by atoms with van der Waals surface area (Å²) in [6.07, 6.45) is 0. The number of nitrogens with one attached hydrogen (secondary N) is 1. The van der Waals surface area contributed by atoms with E-state index in [0.29, 0.717) is 11.0 Å². The third-order valence-electron chi connectivity index (χ3n) is 1.53. The molecule has 0 radical (unpaired) electrons. The normalized spacial score (nSPS) is 12.8. The molecule has 4 heteroatoms. The molecule has 0 amide bonds. The Morgan fingerprint density at radius 1 is 1.50 bits per heavy atom. The summed E-state index contributed by atoms with van der Waals surface area (Å²) in [5.74, 6) is 0. The van der Waals surface area contributed by atoms with E-state index in [1.807, 2.05) is 19.2 Å². The molecule has 2 N–H and O–H groups in total. The van der Waals surface area contributed by atoms with E-state index in [-0.39, 0.29) is 0 Å². The first-order valence-corrected chi connectivity index (χ1v) is 5.91. The van der Waals surface area contributed by atoms with Gasteiger partial charge in [0, 0.05) is 0 Å². The zero-order valence-corrected chi connectivity index (χ0v) is 8.49. The summed E-state index contributed by atoms with van der Waals surface area (Å²) in [6.45, 7) is 0.638. The average Bonchev–Trinajstić information content (AvgIpc) is 2.05. The van der Waals surface area contributed by atoms with Gasteiger partial charge in [-0.1, -0.05) is 0 Å². The van der Waals surface area contributed by atoms with Gasteiger partial charge in [0.2, 0.25) is 0 Å². The molecule has 0 aliphatic rings. The van der Waals surface area contributed by atoms with Crippen LogP contribution in [0.3, 0.4) is 0 Å². The molecule has 0 aromatic heterocycles. The first-order chi connectivity index (χ1) is 5.75. The summed E-state index contributed by atoms with van der Waals surface area (Å²) in [4.78, 5) is 0. The third kappa shape index (κ3) is 2.22. The fraction of sp³-hybridized carbons (Fsp3) is 0.250. The Morgan fingerprint density at radius 2 is 2.17 bits per heavy atom. The molecule has 1 aromatic carbocycles. The monoisotopic (exact) mass is 233 g/mol. The average molecular weight is 232 g/mol. The number of hydrogen-bond donors (Lipinski definition) is 2. The molecular formula is C8H11NO2Se. The molecule has 0 bridgehead atoms. The summed E-state index contributed by atoms with van der Waals surface area (Å²) in [5.41, 5.74) is 0.905. The molecule has 1 rings (SSSR count). The Morgan fingerprint density at radius 3 is 2.75 bits per heavy atom. The van der Waals surface area contributed by atoms with E-state index >= 15 is 0 Å². The van der Waals surface area contributed by atoms with Gasteiger partial charge in [-0.3, -0.25) is 0 Å². The summed E-state index contributed by atoms with van der Waals surface area (Å²) in [5, 5.41) is 2.95. The molecule has 3 nitrogen and oxygen atoms in total. The Bertz CT molecular complexity index is 288. The quantitative estimate of drug-likeness (QED) is 0.692. The van der Waals surface area contributed by atoms with Crippen LogP contribution in [-0.4, -0.2) is 25.4 Å². The van der Waals surface area contributed by atoms with Crippen LogP contribution in [0.4, 0.5) is 0 Å². The maximum absolute atomic E-state index is 10.9. The second-order valence-electron chi connectivity index (χ2n) is 2.39. The van der Waals surface area contributed by atoms with Gasteiger partial charge in [0.1, 0.15) is 0 Å². The molecule has 0 spiro atoms. The first kappa shape index (κ1) is 9.55. The van der Waals surface area contributed by atoms with Crippen LogP contribution in [0.1, 0.15) is 5.56 Å². The second kappa shape index (κ2) is 4.48. The van der Waals surface area contributed by atoms with Crippen molar-refractivity contribution in [2.75, 3.05) is 7.05 Å². The van der Waals surface area contributed by atoms with Gasteiger partial charge in [0.25, 0.3) is 0 Å².